The number of benzene rings is 8. The third kappa shape index (κ3) is 10.8. The Balaban J connectivity index is 0.000000168. The minimum Gasteiger partial charge on any atom is -0.544 e. The molecule has 0 spiro atoms. The van der Waals surface area contributed by atoms with Gasteiger partial charge in [-0.15, -0.1) is 22.6 Å². The van der Waals surface area contributed by atoms with Crippen LogP contribution in [0.5, 0.6) is 11.6 Å². The monoisotopic (exact) mass is 1230 g/mol. The maximum absolute atomic E-state index is 13.7. The maximum Gasteiger partial charge on any atom is 3.00 e. The smallest absolute Gasteiger partial charge is 0.544 e. The molecule has 10 nitrogen and oxygen atoms in total. The number of nitrogens with zero attached hydrogens (tertiary/aromatic N) is 6. The van der Waals surface area contributed by atoms with Crippen molar-refractivity contribution in [1.29, 1.82) is 0 Å². The van der Waals surface area contributed by atoms with Gasteiger partial charge in [0.05, 0.1) is 40.5 Å². The summed E-state index contributed by atoms with van der Waals surface area (Å²) in [5.74, 6) is -2.19. The van der Waals surface area contributed by atoms with Gasteiger partial charge < -0.3 is 19.4 Å². The first kappa shape index (κ1) is 52.8. The molecule has 20 heteroatoms. The molecule has 0 aliphatic carbocycles. The van der Waals surface area contributed by atoms with Crippen molar-refractivity contribution in [3.63, 3.8) is 0 Å². The van der Waals surface area contributed by atoms with Gasteiger partial charge in [-0.3, -0.25) is 0 Å². The van der Waals surface area contributed by atoms with E-state index in [-0.39, 0.29) is 66.0 Å². The van der Waals surface area contributed by atoms with E-state index in [0.717, 1.165) is 43.1 Å². The Kier molecular flexibility index (Phi) is 14.1. The van der Waals surface area contributed by atoms with E-state index in [1.165, 1.54) is 6.07 Å². The van der Waals surface area contributed by atoms with Crippen LogP contribution in [0.2, 0.25) is 0 Å². The number of halogens is 9. The molecule has 0 atom stereocenters. The van der Waals surface area contributed by atoms with Gasteiger partial charge in [-0.1, -0.05) is 120 Å². The summed E-state index contributed by atoms with van der Waals surface area (Å²) in [7, 11) is 0. The molecule has 0 amide bonds. The number of aliphatic hydroxyl groups excluding tert-OH is 2. The molecule has 0 fully saturated rings. The second kappa shape index (κ2) is 20.6. The third-order valence-electron chi connectivity index (χ3n) is 11.9. The fourth-order valence-electron chi connectivity index (χ4n) is 8.55. The van der Waals surface area contributed by atoms with E-state index < -0.39 is 46.8 Å². The van der Waals surface area contributed by atoms with Crippen molar-refractivity contribution in [3.8, 4) is 23.1 Å². The number of aliphatic hydroxyl groups is 2. The average Bonchev–Trinajstić information content (AvgIpc) is 3.85. The molecule has 12 rings (SSSR count). The van der Waals surface area contributed by atoms with Crippen molar-refractivity contribution in [2.45, 2.75) is 18.5 Å². The molecule has 384 valence electrons. The van der Waals surface area contributed by atoms with E-state index in [2.05, 4.69) is 36.7 Å². The minimum absolute atomic E-state index is 0. The Hall–Kier alpha value is -9.00. The van der Waals surface area contributed by atoms with Crippen LogP contribution in [0.25, 0.3) is 98.6 Å². The Morgan fingerprint density at radius 1 is 0.481 bits per heavy atom. The van der Waals surface area contributed by atoms with Gasteiger partial charge in [-0.05, 0) is 102 Å². The zero-order valence-corrected chi connectivity index (χ0v) is 41.2. The summed E-state index contributed by atoms with van der Waals surface area (Å²) in [6.45, 7) is 10.8. The Bertz CT molecular complexity index is 4080. The standard InChI is InChI=1S/C29H12F9N2O2.2C14H9N2O.Ir/c30-27(31,32)20-12-17(13-21(28(33,34)35)24(20)29(36,37)38)41-26-19-10-15-6-2-1-5-14(15)9-18(19)25(39-40-26)23-11-16-7-3-4-8-22(16)42-23;2*1-9(17)14-13-7-11-5-3-2-4-10(11)6-12(13)8-15-16-14;/h1-10,12-13H;2*1-8,17H;/q3*-1;+3. The second-order valence-electron chi connectivity index (χ2n) is 16.9. The topological polar surface area (TPSA) is 140 Å². The van der Waals surface area contributed by atoms with Gasteiger partial charge in [0.2, 0.25) is 5.88 Å². The molecule has 4 heterocycles. The van der Waals surface area contributed by atoms with Gasteiger partial charge in [0.25, 0.3) is 0 Å². The van der Waals surface area contributed by atoms with Crippen LogP contribution in [0.4, 0.5) is 39.5 Å². The molecule has 0 saturated heterocycles. The molecule has 0 bridgehead atoms. The number of ether oxygens (including phenoxy) is 1. The second-order valence-corrected chi connectivity index (χ2v) is 16.9. The van der Waals surface area contributed by atoms with Crippen LogP contribution in [-0.2, 0) is 38.6 Å². The van der Waals surface area contributed by atoms with Gasteiger partial charge in [0, 0.05) is 11.0 Å². The van der Waals surface area contributed by atoms with E-state index in [1.807, 2.05) is 72.8 Å². The summed E-state index contributed by atoms with van der Waals surface area (Å²) >= 11 is 0. The summed E-state index contributed by atoms with van der Waals surface area (Å²) in [4.78, 5) is 0. The normalized spacial score (nSPS) is 11.8. The largest absolute Gasteiger partial charge is 3.00 e. The molecule has 0 aliphatic rings. The van der Waals surface area contributed by atoms with Crippen molar-refractivity contribution < 1.29 is 79.0 Å². The summed E-state index contributed by atoms with van der Waals surface area (Å²) in [5.41, 5.74) is -6.73. The number of rotatable bonds is 5. The Labute approximate surface area is 441 Å². The summed E-state index contributed by atoms with van der Waals surface area (Å²) in [6, 6.07) is 43.5. The van der Waals surface area contributed by atoms with Crippen molar-refractivity contribution >= 4 is 87.1 Å². The van der Waals surface area contributed by atoms with Crippen LogP contribution >= 0.6 is 0 Å². The predicted molar refractivity (Wildman–Crippen MR) is 267 cm³/mol. The quantitative estimate of drug-likeness (QED) is 0.0741. The predicted octanol–water partition coefficient (Wildman–Crippen LogP) is 16.1. The first-order chi connectivity index (χ1) is 36.2. The zero-order valence-electron chi connectivity index (χ0n) is 38.8. The number of fused-ring (bicyclic) bond motifs is 7. The van der Waals surface area contributed by atoms with Crippen LogP contribution in [0.3, 0.4) is 0 Å². The van der Waals surface area contributed by atoms with Gasteiger partial charge in [-0.25, -0.2) is 23.4 Å². The van der Waals surface area contributed by atoms with Crippen LogP contribution < -0.4 is 4.74 Å². The van der Waals surface area contributed by atoms with Crippen molar-refractivity contribution in [1.82, 2.24) is 30.6 Å². The first-order valence-corrected chi connectivity index (χ1v) is 22.3. The molecular formula is C57H30F9IrN6O4. The van der Waals surface area contributed by atoms with Crippen LogP contribution in [0.15, 0.2) is 162 Å². The molecule has 2 N–H and O–H groups in total. The van der Waals surface area contributed by atoms with E-state index in [9.17, 15) is 49.7 Å². The van der Waals surface area contributed by atoms with Gasteiger partial charge in [-0.2, -0.15) is 54.8 Å². The van der Waals surface area contributed by atoms with Crippen molar-refractivity contribution in [2.75, 3.05) is 0 Å². The molecule has 0 radical (unpaired) electrons. The number of para-hydroxylation sites is 1. The number of hydrogen-bond donors (Lipinski definition) is 2. The number of furan rings is 1. The summed E-state index contributed by atoms with van der Waals surface area (Å²) in [6.07, 6.45) is -14.2. The molecule has 12 aromatic rings. The molecule has 0 unspecified atom stereocenters. The average molecular weight is 1230 g/mol. The van der Waals surface area contributed by atoms with Gasteiger partial charge in [0.1, 0.15) is 5.75 Å². The number of aromatic nitrogens is 6. The van der Waals surface area contributed by atoms with Gasteiger partial charge >= 0.3 is 38.6 Å². The molecule has 8 aromatic carbocycles. The maximum atomic E-state index is 13.7. The zero-order chi connectivity index (χ0) is 53.7. The van der Waals surface area contributed by atoms with E-state index in [4.69, 9.17) is 22.3 Å². The molecule has 0 aliphatic heterocycles. The fraction of sp³-hybridized carbons (Fsp3) is 0.0526. The fourth-order valence-corrected chi connectivity index (χ4v) is 8.55. The van der Waals surface area contributed by atoms with Crippen LogP contribution in [0.1, 0.15) is 28.1 Å². The van der Waals surface area contributed by atoms with Crippen LogP contribution in [0, 0.1) is 19.2 Å². The molecule has 77 heavy (non-hydrogen) atoms. The molecular weight excluding hydrogens is 1200 g/mol. The van der Waals surface area contributed by atoms with E-state index in [1.54, 1.807) is 67.0 Å². The Morgan fingerprint density at radius 3 is 1.32 bits per heavy atom. The molecule has 0 saturated carbocycles. The van der Waals surface area contributed by atoms with E-state index >= 15 is 0 Å². The minimum atomic E-state index is -5.97. The Morgan fingerprint density at radius 2 is 0.896 bits per heavy atom. The first-order valence-electron chi connectivity index (χ1n) is 22.3. The van der Waals surface area contributed by atoms with E-state index in [0.29, 0.717) is 33.1 Å². The van der Waals surface area contributed by atoms with Gasteiger partial charge in [0.15, 0.2) is 0 Å². The summed E-state index contributed by atoms with van der Waals surface area (Å²) in [5, 5.41) is 52.2. The SMILES string of the molecule is FC(F)(F)c1cc(Oc2nnc(-c3[c-]c4ccccc4o3)c3cc4ccccc4cc23)cc(C(F)(F)F)c1C(F)(F)F.[CH-]=C(O)c1nncc2cc3ccccc3cc12.[CH-]=C(O)c1nncc2cc3ccccc3cc12.[Ir+3]. The number of alkyl halides is 9. The molecule has 4 aromatic heterocycles. The van der Waals surface area contributed by atoms with Crippen molar-refractivity contribution in [3.05, 3.63) is 205 Å². The number of hydrogen-bond acceptors (Lipinski definition) is 10. The van der Waals surface area contributed by atoms with Crippen molar-refractivity contribution in [2.24, 2.45) is 0 Å². The van der Waals surface area contributed by atoms with Crippen LogP contribution in [-0.4, -0.2) is 40.8 Å². The third-order valence-corrected chi connectivity index (χ3v) is 11.9. The summed E-state index contributed by atoms with van der Waals surface area (Å²) < 4.78 is 134.